The fraction of sp³-hybridized carbons (Fsp3) is 0.333. The second-order valence-electron chi connectivity index (χ2n) is 2.46. The molecule has 1 heterocycles. The van der Waals surface area contributed by atoms with Gasteiger partial charge in [-0.1, -0.05) is 0 Å². The van der Waals surface area contributed by atoms with Crippen LogP contribution in [0.3, 0.4) is 0 Å². The standard InChI is InChI=1S/C6H9N3O2.HNO3/c7-5(6(10)11)1-4-2-8-3-9-4;2-1(3)4/h2-3,5H,1,7H2,(H,8,9)(H,10,11);(H,2,3,4)/t5-;/m0./s1. The van der Waals surface area contributed by atoms with Crippen LogP contribution in [0.4, 0.5) is 0 Å². The molecule has 0 aliphatic carbocycles. The molecule has 15 heavy (non-hydrogen) atoms. The molecule has 1 aromatic rings. The van der Waals surface area contributed by atoms with Crippen molar-refractivity contribution < 1.29 is 20.2 Å². The Morgan fingerprint density at radius 3 is 2.67 bits per heavy atom. The highest BCUT2D eigenvalue weighted by Crippen LogP contribution is 1.95. The van der Waals surface area contributed by atoms with E-state index in [-0.39, 0.29) is 6.42 Å². The smallest absolute Gasteiger partial charge is 0.320 e. The van der Waals surface area contributed by atoms with E-state index in [4.69, 9.17) is 26.2 Å². The SMILES string of the molecule is N[C@@H](Cc1cnc[nH]1)C(=O)O.O=[N+]([O-])O. The van der Waals surface area contributed by atoms with Crippen molar-refractivity contribution in [3.63, 3.8) is 0 Å². The summed E-state index contributed by atoms with van der Waals surface area (Å²) in [5.74, 6) is -1.00. The van der Waals surface area contributed by atoms with E-state index in [0.717, 1.165) is 5.69 Å². The zero-order chi connectivity index (χ0) is 11.8. The molecule has 84 valence electrons. The van der Waals surface area contributed by atoms with E-state index >= 15 is 0 Å². The molecule has 1 atom stereocenters. The molecule has 0 saturated heterocycles. The van der Waals surface area contributed by atoms with Crippen molar-refractivity contribution in [2.75, 3.05) is 0 Å². The zero-order valence-electron chi connectivity index (χ0n) is 7.53. The van der Waals surface area contributed by atoms with Gasteiger partial charge in [0.05, 0.1) is 6.33 Å². The Kier molecular flexibility index (Phi) is 5.41. The van der Waals surface area contributed by atoms with E-state index in [9.17, 15) is 4.79 Å². The summed E-state index contributed by atoms with van der Waals surface area (Å²) in [7, 11) is 0. The maximum Gasteiger partial charge on any atom is 0.320 e. The number of carboxylic acid groups (broad SMARTS) is 1. The summed E-state index contributed by atoms with van der Waals surface area (Å²) < 4.78 is 0. The number of carboxylic acids is 1. The predicted molar refractivity (Wildman–Crippen MR) is 46.7 cm³/mol. The maximum atomic E-state index is 10.3. The molecule has 0 unspecified atom stereocenters. The van der Waals surface area contributed by atoms with Crippen LogP contribution in [0.2, 0.25) is 0 Å². The van der Waals surface area contributed by atoms with Gasteiger partial charge in [-0.15, -0.1) is 10.1 Å². The van der Waals surface area contributed by atoms with Crippen LogP contribution in [0.25, 0.3) is 0 Å². The Morgan fingerprint density at radius 1 is 1.80 bits per heavy atom. The second-order valence-corrected chi connectivity index (χ2v) is 2.46. The fourth-order valence-electron chi connectivity index (χ4n) is 0.721. The van der Waals surface area contributed by atoms with Crippen LogP contribution < -0.4 is 5.73 Å². The number of aromatic amines is 1. The summed E-state index contributed by atoms with van der Waals surface area (Å²) in [4.78, 5) is 25.1. The third kappa shape index (κ3) is 6.95. The molecule has 0 aliphatic heterocycles. The van der Waals surface area contributed by atoms with E-state index in [2.05, 4.69) is 9.97 Å². The molecule has 0 aliphatic rings. The number of hydrogen-bond acceptors (Lipinski definition) is 5. The van der Waals surface area contributed by atoms with Crippen molar-refractivity contribution in [3.05, 3.63) is 28.3 Å². The minimum atomic E-state index is -1.50. The number of nitrogens with two attached hydrogens (primary N) is 1. The molecular weight excluding hydrogens is 208 g/mol. The Morgan fingerprint density at radius 2 is 2.33 bits per heavy atom. The molecule has 0 bridgehead atoms. The van der Waals surface area contributed by atoms with Crippen molar-refractivity contribution >= 4 is 5.97 Å². The summed E-state index contributed by atoms with van der Waals surface area (Å²) in [5.41, 5.74) is 6.00. The van der Waals surface area contributed by atoms with Crippen molar-refractivity contribution in [1.29, 1.82) is 0 Å². The first-order chi connectivity index (χ1) is 6.93. The first-order valence-corrected chi connectivity index (χ1v) is 3.72. The lowest BCUT2D eigenvalue weighted by molar-refractivity contribution is -0.742. The molecule has 0 amide bonds. The van der Waals surface area contributed by atoms with Gasteiger partial charge in [-0.2, -0.15) is 0 Å². The molecule has 9 heteroatoms. The lowest BCUT2D eigenvalue weighted by Gasteiger charge is -2.02. The number of H-pyrrole nitrogens is 1. The van der Waals surface area contributed by atoms with E-state index in [0.29, 0.717) is 0 Å². The van der Waals surface area contributed by atoms with Gasteiger partial charge in [-0.05, 0) is 0 Å². The highest BCUT2D eigenvalue weighted by Gasteiger charge is 2.11. The molecule has 0 aromatic carbocycles. The molecular formula is C6H10N4O5. The lowest BCUT2D eigenvalue weighted by Crippen LogP contribution is -2.32. The Hall–Kier alpha value is -2.16. The number of nitrogens with zero attached hydrogens (tertiary/aromatic N) is 2. The molecule has 0 fully saturated rings. The lowest BCUT2D eigenvalue weighted by atomic mass is 10.2. The molecule has 9 nitrogen and oxygen atoms in total. The molecule has 0 radical (unpaired) electrons. The van der Waals surface area contributed by atoms with Crippen molar-refractivity contribution in [2.24, 2.45) is 5.73 Å². The van der Waals surface area contributed by atoms with Crippen LogP contribution in [-0.4, -0.2) is 37.4 Å². The number of carbonyl (C=O) groups is 1. The number of aliphatic carboxylic acids is 1. The normalized spacial score (nSPS) is 11.0. The molecule has 0 spiro atoms. The Balaban J connectivity index is 0.000000423. The van der Waals surface area contributed by atoms with Gasteiger partial charge in [0.15, 0.2) is 0 Å². The summed E-state index contributed by atoms with van der Waals surface area (Å²) in [6, 6.07) is -0.851. The van der Waals surface area contributed by atoms with Gasteiger partial charge < -0.3 is 21.0 Å². The highest BCUT2D eigenvalue weighted by molar-refractivity contribution is 5.73. The van der Waals surface area contributed by atoms with Crippen LogP contribution in [-0.2, 0) is 11.2 Å². The third-order valence-corrected chi connectivity index (χ3v) is 1.31. The van der Waals surface area contributed by atoms with Crippen LogP contribution in [0.5, 0.6) is 0 Å². The number of imidazole rings is 1. The topological polar surface area (TPSA) is 155 Å². The number of nitrogens with one attached hydrogen (secondary N) is 1. The van der Waals surface area contributed by atoms with Crippen LogP contribution in [0.1, 0.15) is 5.69 Å². The van der Waals surface area contributed by atoms with Crippen molar-refractivity contribution in [1.82, 2.24) is 9.97 Å². The summed E-state index contributed by atoms with van der Waals surface area (Å²) in [5, 5.41) is 22.1. The minimum Gasteiger partial charge on any atom is -0.480 e. The van der Waals surface area contributed by atoms with Crippen LogP contribution >= 0.6 is 0 Å². The van der Waals surface area contributed by atoms with Gasteiger partial charge in [-0.3, -0.25) is 4.79 Å². The van der Waals surface area contributed by atoms with E-state index < -0.39 is 17.1 Å². The van der Waals surface area contributed by atoms with Gasteiger partial charge in [-0.25, -0.2) is 4.98 Å². The number of hydrogen-bond donors (Lipinski definition) is 4. The minimum absolute atomic E-state index is 0.287. The Bertz CT molecular complexity index is 307. The fourth-order valence-corrected chi connectivity index (χ4v) is 0.721. The first-order valence-electron chi connectivity index (χ1n) is 3.72. The average Bonchev–Trinajstić information content (AvgIpc) is 2.55. The summed E-state index contributed by atoms with van der Waals surface area (Å²) >= 11 is 0. The molecule has 1 rings (SSSR count). The van der Waals surface area contributed by atoms with Crippen LogP contribution in [0, 0.1) is 10.1 Å². The van der Waals surface area contributed by atoms with E-state index in [1.165, 1.54) is 6.33 Å². The van der Waals surface area contributed by atoms with Crippen molar-refractivity contribution in [2.45, 2.75) is 12.5 Å². The van der Waals surface area contributed by atoms with Gasteiger partial charge >= 0.3 is 5.97 Å². The van der Waals surface area contributed by atoms with Crippen molar-refractivity contribution in [3.8, 4) is 0 Å². The first kappa shape index (κ1) is 12.8. The van der Waals surface area contributed by atoms with E-state index in [1.807, 2.05) is 0 Å². The highest BCUT2D eigenvalue weighted by atomic mass is 16.9. The molecule has 0 saturated carbocycles. The number of aromatic nitrogens is 2. The largest absolute Gasteiger partial charge is 0.480 e. The van der Waals surface area contributed by atoms with Crippen LogP contribution in [0.15, 0.2) is 12.5 Å². The summed E-state index contributed by atoms with van der Waals surface area (Å²) in [6.45, 7) is 0. The molecule has 5 N–H and O–H groups in total. The monoisotopic (exact) mass is 218 g/mol. The average molecular weight is 218 g/mol. The Labute approximate surface area is 83.7 Å². The van der Waals surface area contributed by atoms with Gasteiger partial charge in [0.2, 0.25) is 0 Å². The third-order valence-electron chi connectivity index (χ3n) is 1.31. The molecule has 1 aromatic heterocycles. The van der Waals surface area contributed by atoms with Gasteiger partial charge in [0.25, 0.3) is 5.09 Å². The summed E-state index contributed by atoms with van der Waals surface area (Å²) in [6.07, 6.45) is 3.34. The van der Waals surface area contributed by atoms with Gasteiger partial charge in [0.1, 0.15) is 6.04 Å². The predicted octanol–water partition coefficient (Wildman–Crippen LogP) is -0.984. The second kappa shape index (κ2) is 6.32. The van der Waals surface area contributed by atoms with E-state index in [1.54, 1.807) is 6.20 Å². The maximum absolute atomic E-state index is 10.3. The number of rotatable bonds is 3. The zero-order valence-corrected chi connectivity index (χ0v) is 7.53. The quantitative estimate of drug-likeness (QED) is 0.375. The van der Waals surface area contributed by atoms with Gasteiger partial charge in [0, 0.05) is 18.3 Å².